The van der Waals surface area contributed by atoms with Gasteiger partial charge in [0.2, 0.25) is 0 Å². The number of carbonyl (C=O) groups excluding carboxylic acids is 1. The van der Waals surface area contributed by atoms with Crippen LogP contribution in [0, 0.1) is 0 Å². The van der Waals surface area contributed by atoms with Crippen molar-refractivity contribution in [2.75, 3.05) is 21.3 Å². The molecule has 142 valence electrons. The molecule has 1 aliphatic rings. The number of rotatable bonds is 6. The van der Waals surface area contributed by atoms with Crippen molar-refractivity contribution in [1.82, 2.24) is 0 Å². The van der Waals surface area contributed by atoms with Gasteiger partial charge >= 0.3 is 0 Å². The number of ketones is 1. The Hall–Kier alpha value is -2.95. The van der Waals surface area contributed by atoms with Gasteiger partial charge in [-0.15, -0.1) is 0 Å². The molecule has 0 saturated heterocycles. The van der Waals surface area contributed by atoms with E-state index in [4.69, 9.17) is 18.9 Å². The fraction of sp³-hybridized carbons (Fsp3) is 0.318. The van der Waals surface area contributed by atoms with E-state index in [-0.39, 0.29) is 11.9 Å². The van der Waals surface area contributed by atoms with E-state index in [9.17, 15) is 4.79 Å². The second-order valence-corrected chi connectivity index (χ2v) is 6.62. The Morgan fingerprint density at radius 2 is 1.52 bits per heavy atom. The molecule has 0 atom stereocenters. The third-order valence-corrected chi connectivity index (χ3v) is 4.42. The molecule has 2 aromatic rings. The number of carbonyl (C=O) groups is 1. The second kappa shape index (κ2) is 7.74. The van der Waals surface area contributed by atoms with Crippen LogP contribution in [0.2, 0.25) is 0 Å². The minimum Gasteiger partial charge on any atom is -0.493 e. The molecule has 5 heteroatoms. The van der Waals surface area contributed by atoms with Crippen molar-refractivity contribution in [1.29, 1.82) is 0 Å². The van der Waals surface area contributed by atoms with Gasteiger partial charge in [0.15, 0.2) is 28.8 Å². The molecule has 0 bridgehead atoms. The summed E-state index contributed by atoms with van der Waals surface area (Å²) in [5.41, 5.74) is 3.21. The van der Waals surface area contributed by atoms with E-state index < -0.39 is 0 Å². The zero-order valence-electron chi connectivity index (χ0n) is 16.3. The fourth-order valence-corrected chi connectivity index (χ4v) is 3.18. The number of methoxy groups -OCH3 is 3. The molecule has 0 heterocycles. The van der Waals surface area contributed by atoms with Crippen LogP contribution in [0.1, 0.15) is 35.3 Å². The first kappa shape index (κ1) is 18.8. The van der Waals surface area contributed by atoms with Gasteiger partial charge in [-0.2, -0.15) is 0 Å². The van der Waals surface area contributed by atoms with Crippen LogP contribution in [0.25, 0.3) is 6.08 Å². The van der Waals surface area contributed by atoms with Gasteiger partial charge in [0.25, 0.3) is 0 Å². The van der Waals surface area contributed by atoms with Gasteiger partial charge < -0.3 is 18.9 Å². The quantitative estimate of drug-likeness (QED) is 0.711. The van der Waals surface area contributed by atoms with Crippen molar-refractivity contribution in [2.45, 2.75) is 26.4 Å². The summed E-state index contributed by atoms with van der Waals surface area (Å²) in [6, 6.07) is 9.28. The fourth-order valence-electron chi connectivity index (χ4n) is 3.18. The summed E-state index contributed by atoms with van der Waals surface area (Å²) in [7, 11) is 4.76. The van der Waals surface area contributed by atoms with Crippen LogP contribution in [-0.4, -0.2) is 33.2 Å². The Bertz CT molecular complexity index is 896. The molecule has 0 fully saturated rings. The van der Waals surface area contributed by atoms with Crippen LogP contribution in [-0.2, 0) is 6.42 Å². The van der Waals surface area contributed by atoms with Crippen LogP contribution in [0.3, 0.4) is 0 Å². The Balaban J connectivity index is 1.93. The van der Waals surface area contributed by atoms with Gasteiger partial charge in [0.1, 0.15) is 0 Å². The standard InChI is InChI=1S/C22H24O5/c1-13(2)27-18-7-6-14(9-19(18)24-3)8-16-10-15-11-20(25-4)21(26-5)12-17(15)22(16)23/h6-9,11-13H,10H2,1-5H3/b16-8-. The highest BCUT2D eigenvalue weighted by molar-refractivity contribution is 6.16. The van der Waals surface area contributed by atoms with Gasteiger partial charge in [-0.3, -0.25) is 4.79 Å². The minimum absolute atomic E-state index is 0.00688. The molecule has 0 aliphatic heterocycles. The van der Waals surface area contributed by atoms with E-state index in [0.29, 0.717) is 35.0 Å². The second-order valence-electron chi connectivity index (χ2n) is 6.62. The number of fused-ring (bicyclic) bond motifs is 1. The van der Waals surface area contributed by atoms with Crippen LogP contribution >= 0.6 is 0 Å². The smallest absolute Gasteiger partial charge is 0.189 e. The largest absolute Gasteiger partial charge is 0.493 e. The first-order valence-corrected chi connectivity index (χ1v) is 8.81. The van der Waals surface area contributed by atoms with Gasteiger partial charge in [0.05, 0.1) is 27.4 Å². The van der Waals surface area contributed by atoms with Crippen molar-refractivity contribution in [3.63, 3.8) is 0 Å². The molecular weight excluding hydrogens is 344 g/mol. The van der Waals surface area contributed by atoms with E-state index >= 15 is 0 Å². The van der Waals surface area contributed by atoms with Crippen molar-refractivity contribution in [3.8, 4) is 23.0 Å². The van der Waals surface area contributed by atoms with Crippen molar-refractivity contribution in [2.24, 2.45) is 0 Å². The van der Waals surface area contributed by atoms with Crippen molar-refractivity contribution >= 4 is 11.9 Å². The summed E-state index contributed by atoms with van der Waals surface area (Å²) in [6.45, 7) is 3.93. The minimum atomic E-state index is 0.00688. The van der Waals surface area contributed by atoms with Crippen molar-refractivity contribution in [3.05, 3.63) is 52.6 Å². The summed E-state index contributed by atoms with van der Waals surface area (Å²) in [4.78, 5) is 12.8. The average Bonchev–Trinajstić information content (AvgIpc) is 2.96. The summed E-state index contributed by atoms with van der Waals surface area (Å²) >= 11 is 0. The van der Waals surface area contributed by atoms with Crippen LogP contribution < -0.4 is 18.9 Å². The van der Waals surface area contributed by atoms with E-state index in [0.717, 1.165) is 16.7 Å². The number of ether oxygens (including phenoxy) is 4. The number of allylic oxidation sites excluding steroid dienone is 1. The van der Waals surface area contributed by atoms with Crippen LogP contribution in [0.4, 0.5) is 0 Å². The molecule has 0 spiro atoms. The molecule has 0 N–H and O–H groups in total. The number of Topliss-reactive ketones (excluding diaryl/α,β-unsaturated/α-hetero) is 1. The average molecular weight is 368 g/mol. The SMILES string of the molecule is COc1cc2c(cc1OC)C(=O)/C(=C\c1ccc(OC(C)C)c(OC)c1)C2. The molecule has 2 aromatic carbocycles. The van der Waals surface area contributed by atoms with Crippen LogP contribution in [0.15, 0.2) is 35.9 Å². The molecule has 1 aliphatic carbocycles. The van der Waals surface area contributed by atoms with E-state index in [1.807, 2.05) is 44.2 Å². The maximum Gasteiger partial charge on any atom is 0.189 e. The maximum absolute atomic E-state index is 12.8. The van der Waals surface area contributed by atoms with E-state index in [2.05, 4.69) is 0 Å². The highest BCUT2D eigenvalue weighted by Crippen LogP contribution is 2.37. The van der Waals surface area contributed by atoms with Gasteiger partial charge in [-0.05, 0) is 55.3 Å². The molecule has 0 amide bonds. The predicted molar refractivity (Wildman–Crippen MR) is 104 cm³/mol. The van der Waals surface area contributed by atoms with E-state index in [1.165, 1.54) is 0 Å². The molecule has 27 heavy (non-hydrogen) atoms. The third kappa shape index (κ3) is 3.77. The van der Waals surface area contributed by atoms with Gasteiger partial charge in [-0.25, -0.2) is 0 Å². The summed E-state index contributed by atoms with van der Waals surface area (Å²) in [6.07, 6.45) is 2.50. The van der Waals surface area contributed by atoms with Gasteiger partial charge in [-0.1, -0.05) is 6.07 Å². The monoisotopic (exact) mass is 368 g/mol. The first-order chi connectivity index (χ1) is 13.0. The number of hydrogen-bond acceptors (Lipinski definition) is 5. The Labute approximate surface area is 159 Å². The summed E-state index contributed by atoms with van der Waals surface area (Å²) in [5, 5.41) is 0. The summed E-state index contributed by atoms with van der Waals surface area (Å²) < 4.78 is 21.8. The molecule has 0 aromatic heterocycles. The molecule has 0 saturated carbocycles. The lowest BCUT2D eigenvalue weighted by Gasteiger charge is -2.13. The topological polar surface area (TPSA) is 54.0 Å². The van der Waals surface area contributed by atoms with Crippen molar-refractivity contribution < 1.29 is 23.7 Å². The molecule has 0 radical (unpaired) electrons. The predicted octanol–water partition coefficient (Wildman–Crippen LogP) is 4.32. The van der Waals surface area contributed by atoms with E-state index in [1.54, 1.807) is 27.4 Å². The summed E-state index contributed by atoms with van der Waals surface area (Å²) in [5.74, 6) is 2.52. The van der Waals surface area contributed by atoms with Crippen LogP contribution in [0.5, 0.6) is 23.0 Å². The Morgan fingerprint density at radius 3 is 2.15 bits per heavy atom. The highest BCUT2D eigenvalue weighted by atomic mass is 16.5. The molecule has 0 unspecified atom stereocenters. The molecular formula is C22H24O5. The molecule has 5 nitrogen and oxygen atoms in total. The number of benzene rings is 2. The third-order valence-electron chi connectivity index (χ3n) is 4.42. The Kier molecular flexibility index (Phi) is 5.40. The normalized spacial score (nSPS) is 14.4. The Morgan fingerprint density at radius 1 is 0.889 bits per heavy atom. The first-order valence-electron chi connectivity index (χ1n) is 8.81. The number of hydrogen-bond donors (Lipinski definition) is 0. The zero-order valence-corrected chi connectivity index (χ0v) is 16.3. The maximum atomic E-state index is 12.8. The lowest BCUT2D eigenvalue weighted by Crippen LogP contribution is -2.06. The molecule has 3 rings (SSSR count). The van der Waals surface area contributed by atoms with Gasteiger partial charge in [0, 0.05) is 17.6 Å². The lowest BCUT2D eigenvalue weighted by atomic mass is 10.1. The highest BCUT2D eigenvalue weighted by Gasteiger charge is 2.27. The lowest BCUT2D eigenvalue weighted by molar-refractivity contribution is 0.104. The zero-order chi connectivity index (χ0) is 19.6.